The monoisotopic (exact) mass is 318 g/mol. The minimum Gasteiger partial charge on any atom is -0.506 e. The van der Waals surface area contributed by atoms with Crippen LogP contribution in [0.4, 0.5) is 5.82 Å². The van der Waals surface area contributed by atoms with Crippen molar-refractivity contribution < 1.29 is 5.11 Å². The van der Waals surface area contributed by atoms with E-state index in [0.717, 1.165) is 0 Å². The molecule has 0 bridgehead atoms. The van der Waals surface area contributed by atoms with E-state index >= 15 is 0 Å². The number of aromatic nitrogens is 4. The Balaban J connectivity index is 2.31. The molecule has 0 fully saturated rings. The molecule has 0 aliphatic rings. The van der Waals surface area contributed by atoms with Crippen LogP contribution < -0.4 is 11.5 Å². The predicted octanol–water partition coefficient (Wildman–Crippen LogP) is 1.95. The molecule has 2 aromatic heterocycles. The van der Waals surface area contributed by atoms with Gasteiger partial charge >= 0.3 is 0 Å². The molecule has 1 atom stereocenters. The number of hydrogen-bond acceptors (Lipinski definition) is 6. The Morgan fingerprint density at radius 2 is 2.14 bits per heavy atom. The molecule has 0 spiro atoms. The van der Waals surface area contributed by atoms with E-state index < -0.39 is 0 Å². The lowest BCUT2D eigenvalue weighted by atomic mass is 10.1. The predicted molar refractivity (Wildman–Crippen MR) is 85.6 cm³/mol. The van der Waals surface area contributed by atoms with Crippen LogP contribution in [0.2, 0.25) is 5.02 Å². The Labute approximate surface area is 131 Å². The maximum Gasteiger partial charge on any atom is 0.164 e. The molecule has 0 aliphatic heterocycles. The van der Waals surface area contributed by atoms with Gasteiger partial charge in [-0.2, -0.15) is 5.10 Å². The highest BCUT2D eigenvalue weighted by atomic mass is 35.5. The second-order valence-electron chi connectivity index (χ2n) is 5.00. The van der Waals surface area contributed by atoms with Gasteiger partial charge in [-0.15, -0.1) is 0 Å². The number of phenolic OH excluding ortho intramolecular Hbond substituents is 1. The van der Waals surface area contributed by atoms with Crippen molar-refractivity contribution in [3.8, 4) is 17.0 Å². The summed E-state index contributed by atoms with van der Waals surface area (Å²) in [6.07, 6.45) is 1.39. The number of anilines is 1. The molecule has 5 N–H and O–H groups in total. The lowest BCUT2D eigenvalue weighted by Crippen LogP contribution is -2.17. The fourth-order valence-corrected chi connectivity index (χ4v) is 2.38. The second kappa shape index (κ2) is 5.43. The second-order valence-corrected chi connectivity index (χ2v) is 5.41. The number of hydrogen-bond donors (Lipinski definition) is 3. The molecule has 0 saturated carbocycles. The molecule has 22 heavy (non-hydrogen) atoms. The molecule has 0 saturated heterocycles. The SMILES string of the molecule is C[C@H](CN)n1nc(-c2ccc(Cl)c(O)c2)c2c(N)ncnc21. The van der Waals surface area contributed by atoms with Crippen LogP contribution in [-0.4, -0.2) is 31.4 Å². The van der Waals surface area contributed by atoms with Gasteiger partial charge < -0.3 is 16.6 Å². The Kier molecular flexibility index (Phi) is 3.59. The van der Waals surface area contributed by atoms with E-state index in [0.29, 0.717) is 34.7 Å². The number of halogens is 1. The number of nitrogen functional groups attached to an aromatic ring is 1. The first kappa shape index (κ1) is 14.6. The largest absolute Gasteiger partial charge is 0.506 e. The summed E-state index contributed by atoms with van der Waals surface area (Å²) in [4.78, 5) is 8.29. The third kappa shape index (κ3) is 2.24. The molecular weight excluding hydrogens is 304 g/mol. The molecular formula is C14H15ClN6O. The molecule has 0 unspecified atom stereocenters. The molecule has 0 radical (unpaired) electrons. The molecule has 2 heterocycles. The Bertz CT molecular complexity index is 847. The van der Waals surface area contributed by atoms with Crippen LogP contribution in [0.15, 0.2) is 24.5 Å². The fraction of sp³-hybridized carbons (Fsp3) is 0.214. The standard InChI is InChI=1S/C14H15ClN6O/c1-7(5-16)21-14-11(13(17)18-6-19-14)12(20-21)8-2-3-9(15)10(22)4-8/h2-4,6-7,22H,5,16H2,1H3,(H2,17,18,19)/t7-/m1/s1. The summed E-state index contributed by atoms with van der Waals surface area (Å²) in [5.41, 5.74) is 13.6. The van der Waals surface area contributed by atoms with Crippen molar-refractivity contribution in [1.82, 2.24) is 19.7 Å². The smallest absolute Gasteiger partial charge is 0.164 e. The van der Waals surface area contributed by atoms with Crippen LogP contribution in [-0.2, 0) is 0 Å². The molecule has 114 valence electrons. The van der Waals surface area contributed by atoms with Gasteiger partial charge in [0, 0.05) is 12.1 Å². The van der Waals surface area contributed by atoms with E-state index in [1.54, 1.807) is 16.8 Å². The van der Waals surface area contributed by atoms with Crippen molar-refractivity contribution in [2.24, 2.45) is 5.73 Å². The third-order valence-corrected chi connectivity index (χ3v) is 3.82. The summed E-state index contributed by atoms with van der Waals surface area (Å²) in [5, 5.41) is 15.3. The Morgan fingerprint density at radius 1 is 1.36 bits per heavy atom. The normalized spacial score (nSPS) is 12.7. The van der Waals surface area contributed by atoms with E-state index in [1.165, 1.54) is 12.4 Å². The van der Waals surface area contributed by atoms with E-state index in [2.05, 4.69) is 15.1 Å². The number of nitrogens with two attached hydrogens (primary N) is 2. The fourth-order valence-electron chi connectivity index (χ4n) is 2.26. The topological polar surface area (TPSA) is 116 Å². The maximum atomic E-state index is 9.82. The first-order valence-electron chi connectivity index (χ1n) is 6.70. The number of rotatable bonds is 3. The Hall–Kier alpha value is -2.38. The van der Waals surface area contributed by atoms with Crippen molar-refractivity contribution in [1.29, 1.82) is 0 Å². The van der Waals surface area contributed by atoms with Crippen LogP contribution >= 0.6 is 11.6 Å². The molecule has 7 nitrogen and oxygen atoms in total. The zero-order chi connectivity index (χ0) is 15.9. The quantitative estimate of drug-likeness (QED) is 0.679. The highest BCUT2D eigenvalue weighted by molar-refractivity contribution is 6.32. The summed E-state index contributed by atoms with van der Waals surface area (Å²) in [7, 11) is 0. The van der Waals surface area contributed by atoms with Gasteiger partial charge in [0.2, 0.25) is 0 Å². The van der Waals surface area contributed by atoms with Crippen molar-refractivity contribution in [2.75, 3.05) is 12.3 Å². The van der Waals surface area contributed by atoms with Gasteiger partial charge in [0.15, 0.2) is 5.65 Å². The van der Waals surface area contributed by atoms with Crippen LogP contribution in [0.25, 0.3) is 22.3 Å². The molecule has 1 aromatic carbocycles. The summed E-state index contributed by atoms with van der Waals surface area (Å²) in [6, 6.07) is 4.84. The summed E-state index contributed by atoms with van der Waals surface area (Å²) in [5.74, 6) is 0.300. The van der Waals surface area contributed by atoms with E-state index in [1.807, 2.05) is 6.92 Å². The lowest BCUT2D eigenvalue weighted by Gasteiger charge is -2.09. The molecule has 8 heteroatoms. The summed E-state index contributed by atoms with van der Waals surface area (Å²) >= 11 is 5.85. The van der Waals surface area contributed by atoms with Gasteiger partial charge in [-0.1, -0.05) is 17.7 Å². The highest BCUT2D eigenvalue weighted by Gasteiger charge is 2.19. The minimum atomic E-state index is -0.0496. The highest BCUT2D eigenvalue weighted by Crippen LogP contribution is 2.34. The molecule has 0 aliphatic carbocycles. The van der Waals surface area contributed by atoms with Gasteiger partial charge in [-0.3, -0.25) is 0 Å². The minimum absolute atomic E-state index is 0.0239. The van der Waals surface area contributed by atoms with Gasteiger partial charge in [-0.25, -0.2) is 14.6 Å². The van der Waals surface area contributed by atoms with Gasteiger partial charge in [0.1, 0.15) is 23.6 Å². The number of fused-ring (bicyclic) bond motifs is 1. The average Bonchev–Trinajstić information content (AvgIpc) is 2.90. The van der Waals surface area contributed by atoms with E-state index in [4.69, 9.17) is 23.1 Å². The average molecular weight is 319 g/mol. The first-order chi connectivity index (χ1) is 10.5. The van der Waals surface area contributed by atoms with E-state index in [9.17, 15) is 5.11 Å². The maximum absolute atomic E-state index is 9.82. The van der Waals surface area contributed by atoms with Gasteiger partial charge in [0.25, 0.3) is 0 Å². The van der Waals surface area contributed by atoms with Crippen molar-refractivity contribution in [3.63, 3.8) is 0 Å². The first-order valence-corrected chi connectivity index (χ1v) is 7.08. The van der Waals surface area contributed by atoms with Crippen molar-refractivity contribution >= 4 is 28.5 Å². The van der Waals surface area contributed by atoms with Crippen LogP contribution in [0.3, 0.4) is 0 Å². The van der Waals surface area contributed by atoms with Gasteiger partial charge in [-0.05, 0) is 19.1 Å². The summed E-state index contributed by atoms with van der Waals surface area (Å²) in [6.45, 7) is 2.35. The van der Waals surface area contributed by atoms with Crippen LogP contribution in [0.1, 0.15) is 13.0 Å². The lowest BCUT2D eigenvalue weighted by molar-refractivity contribution is 0.476. The van der Waals surface area contributed by atoms with Crippen molar-refractivity contribution in [3.05, 3.63) is 29.5 Å². The van der Waals surface area contributed by atoms with Crippen LogP contribution in [0, 0.1) is 0 Å². The number of benzene rings is 1. The number of aromatic hydroxyl groups is 1. The van der Waals surface area contributed by atoms with Crippen LogP contribution in [0.5, 0.6) is 5.75 Å². The molecule has 3 aromatic rings. The van der Waals surface area contributed by atoms with E-state index in [-0.39, 0.29) is 16.8 Å². The number of nitrogens with zero attached hydrogens (tertiary/aromatic N) is 4. The Morgan fingerprint density at radius 3 is 2.82 bits per heavy atom. The zero-order valence-electron chi connectivity index (χ0n) is 11.9. The molecule has 3 rings (SSSR count). The molecule has 0 amide bonds. The number of phenols is 1. The third-order valence-electron chi connectivity index (χ3n) is 3.50. The van der Waals surface area contributed by atoms with Gasteiger partial charge in [0.05, 0.1) is 16.5 Å². The van der Waals surface area contributed by atoms with Crippen molar-refractivity contribution in [2.45, 2.75) is 13.0 Å². The zero-order valence-corrected chi connectivity index (χ0v) is 12.6. The summed E-state index contributed by atoms with van der Waals surface area (Å²) < 4.78 is 1.72.